The molecule has 3 rings (SSSR count). The average molecular weight is 294 g/mol. The van der Waals surface area contributed by atoms with Crippen LogP contribution in [0.4, 0.5) is 0 Å². The van der Waals surface area contributed by atoms with E-state index < -0.39 is 0 Å². The molecule has 0 aliphatic carbocycles. The van der Waals surface area contributed by atoms with Crippen molar-refractivity contribution >= 4 is 0 Å². The molecule has 0 aliphatic heterocycles. The number of hydrogen-bond donors (Lipinski definition) is 0. The first-order valence-corrected chi connectivity index (χ1v) is 6.85. The maximum absolute atomic E-state index is 9.13. The van der Waals surface area contributed by atoms with Gasteiger partial charge < -0.3 is 9.15 Å². The van der Waals surface area contributed by atoms with Gasteiger partial charge in [0.05, 0.1) is 12.8 Å². The fraction of sp³-hybridized carbons (Fsp3) is 0.188. The van der Waals surface area contributed by atoms with Gasteiger partial charge in [-0.2, -0.15) is 5.26 Å². The Morgan fingerprint density at radius 1 is 1.32 bits per heavy atom. The highest BCUT2D eigenvalue weighted by molar-refractivity contribution is 5.58. The van der Waals surface area contributed by atoms with Gasteiger partial charge in [-0.1, -0.05) is 17.3 Å². The summed E-state index contributed by atoms with van der Waals surface area (Å²) in [7, 11) is 0. The Labute approximate surface area is 127 Å². The summed E-state index contributed by atoms with van der Waals surface area (Å²) < 4.78 is 12.7. The molecule has 2 aromatic heterocycles. The molecule has 0 spiro atoms. The summed E-state index contributed by atoms with van der Waals surface area (Å²) in [5.41, 5.74) is 1.95. The topological polar surface area (TPSA) is 76.9 Å². The molecular weight excluding hydrogens is 280 g/mol. The fourth-order valence-electron chi connectivity index (χ4n) is 2.16. The SMILES string of the molecule is Cc1cccc(OCCn2nnc(C#N)c2-c2ccco2)c1. The third-order valence-corrected chi connectivity index (χ3v) is 3.16. The van der Waals surface area contributed by atoms with Crippen molar-refractivity contribution in [1.29, 1.82) is 5.26 Å². The molecule has 0 bridgehead atoms. The second kappa shape index (κ2) is 6.14. The summed E-state index contributed by atoms with van der Waals surface area (Å²) in [4.78, 5) is 0. The summed E-state index contributed by atoms with van der Waals surface area (Å²) in [6, 6.07) is 13.4. The monoisotopic (exact) mass is 294 g/mol. The van der Waals surface area contributed by atoms with Gasteiger partial charge in [-0.25, -0.2) is 4.68 Å². The van der Waals surface area contributed by atoms with Crippen LogP contribution in [0.3, 0.4) is 0 Å². The van der Waals surface area contributed by atoms with E-state index in [0.29, 0.717) is 24.6 Å². The number of ether oxygens (including phenoxy) is 1. The lowest BCUT2D eigenvalue weighted by molar-refractivity contribution is 0.290. The third-order valence-electron chi connectivity index (χ3n) is 3.16. The number of nitriles is 1. The summed E-state index contributed by atoms with van der Waals surface area (Å²) in [6.45, 7) is 2.91. The van der Waals surface area contributed by atoms with E-state index in [1.165, 1.54) is 0 Å². The Bertz CT molecular complexity index is 800. The zero-order valence-corrected chi connectivity index (χ0v) is 12.1. The van der Waals surface area contributed by atoms with Crippen LogP contribution in [0.1, 0.15) is 11.3 Å². The smallest absolute Gasteiger partial charge is 0.193 e. The molecule has 0 amide bonds. The van der Waals surface area contributed by atoms with Gasteiger partial charge in [-0.15, -0.1) is 5.10 Å². The first kappa shape index (κ1) is 13.9. The van der Waals surface area contributed by atoms with Gasteiger partial charge in [0.15, 0.2) is 11.5 Å². The molecule has 22 heavy (non-hydrogen) atoms. The molecule has 0 fully saturated rings. The van der Waals surface area contributed by atoms with E-state index in [0.717, 1.165) is 11.3 Å². The van der Waals surface area contributed by atoms with Crippen molar-refractivity contribution in [1.82, 2.24) is 15.0 Å². The van der Waals surface area contributed by atoms with Crippen molar-refractivity contribution < 1.29 is 9.15 Å². The highest BCUT2D eigenvalue weighted by atomic mass is 16.5. The van der Waals surface area contributed by atoms with Gasteiger partial charge in [0.2, 0.25) is 0 Å². The van der Waals surface area contributed by atoms with Gasteiger partial charge in [-0.3, -0.25) is 0 Å². The van der Waals surface area contributed by atoms with Gasteiger partial charge in [0, 0.05) is 0 Å². The van der Waals surface area contributed by atoms with Crippen LogP contribution < -0.4 is 4.74 Å². The minimum absolute atomic E-state index is 0.241. The molecule has 6 heteroatoms. The predicted molar refractivity (Wildman–Crippen MR) is 79.1 cm³/mol. The predicted octanol–water partition coefficient (Wildman–Crippen LogP) is 2.80. The van der Waals surface area contributed by atoms with E-state index in [1.807, 2.05) is 37.3 Å². The molecule has 0 aliphatic rings. The van der Waals surface area contributed by atoms with Crippen LogP contribution in [0.5, 0.6) is 5.75 Å². The fourth-order valence-corrected chi connectivity index (χ4v) is 2.16. The number of rotatable bonds is 5. The van der Waals surface area contributed by atoms with E-state index in [9.17, 15) is 0 Å². The number of benzene rings is 1. The van der Waals surface area contributed by atoms with E-state index in [-0.39, 0.29) is 5.69 Å². The van der Waals surface area contributed by atoms with Gasteiger partial charge >= 0.3 is 0 Å². The number of aromatic nitrogens is 3. The summed E-state index contributed by atoms with van der Waals surface area (Å²) >= 11 is 0. The molecule has 0 saturated heterocycles. The van der Waals surface area contributed by atoms with Crippen molar-refractivity contribution in [3.8, 4) is 23.3 Å². The number of aryl methyl sites for hydroxylation is 1. The van der Waals surface area contributed by atoms with Crippen molar-refractivity contribution in [3.05, 3.63) is 53.9 Å². The van der Waals surface area contributed by atoms with Gasteiger partial charge in [-0.05, 0) is 36.8 Å². The van der Waals surface area contributed by atoms with Gasteiger partial charge in [0.1, 0.15) is 24.1 Å². The Kier molecular flexibility index (Phi) is 3.88. The lowest BCUT2D eigenvalue weighted by Gasteiger charge is -2.08. The highest BCUT2D eigenvalue weighted by Gasteiger charge is 2.16. The Hall–Kier alpha value is -3.07. The number of furan rings is 1. The summed E-state index contributed by atoms with van der Waals surface area (Å²) in [6.07, 6.45) is 1.55. The molecule has 1 aromatic carbocycles. The first-order valence-electron chi connectivity index (χ1n) is 6.85. The highest BCUT2D eigenvalue weighted by Crippen LogP contribution is 2.22. The molecule has 0 atom stereocenters. The lowest BCUT2D eigenvalue weighted by atomic mass is 10.2. The van der Waals surface area contributed by atoms with Crippen LogP contribution in [-0.2, 0) is 6.54 Å². The largest absolute Gasteiger partial charge is 0.492 e. The Morgan fingerprint density at radius 3 is 2.95 bits per heavy atom. The van der Waals surface area contributed by atoms with Crippen molar-refractivity contribution in [2.24, 2.45) is 0 Å². The molecule has 0 saturated carbocycles. The maximum Gasteiger partial charge on any atom is 0.193 e. The zero-order valence-electron chi connectivity index (χ0n) is 12.1. The van der Waals surface area contributed by atoms with Gasteiger partial charge in [0.25, 0.3) is 0 Å². The van der Waals surface area contributed by atoms with Crippen LogP contribution in [0, 0.1) is 18.3 Å². The van der Waals surface area contributed by atoms with Crippen LogP contribution in [0.2, 0.25) is 0 Å². The number of hydrogen-bond acceptors (Lipinski definition) is 5. The second-order valence-electron chi connectivity index (χ2n) is 4.76. The molecule has 6 nitrogen and oxygen atoms in total. The molecular formula is C16H14N4O2. The lowest BCUT2D eigenvalue weighted by Crippen LogP contribution is -2.11. The quantitative estimate of drug-likeness (QED) is 0.723. The van der Waals surface area contributed by atoms with Crippen LogP contribution in [0.15, 0.2) is 47.1 Å². The van der Waals surface area contributed by atoms with Crippen molar-refractivity contribution in [2.75, 3.05) is 6.61 Å². The molecule has 110 valence electrons. The average Bonchev–Trinajstić information content (AvgIpc) is 3.15. The maximum atomic E-state index is 9.13. The minimum Gasteiger partial charge on any atom is -0.492 e. The Balaban J connectivity index is 1.74. The van der Waals surface area contributed by atoms with Crippen LogP contribution in [-0.4, -0.2) is 21.6 Å². The molecule has 0 N–H and O–H groups in total. The van der Waals surface area contributed by atoms with Crippen LogP contribution in [0.25, 0.3) is 11.5 Å². The summed E-state index contributed by atoms with van der Waals surface area (Å²) in [5.74, 6) is 1.37. The summed E-state index contributed by atoms with van der Waals surface area (Å²) in [5, 5.41) is 17.0. The van der Waals surface area contributed by atoms with E-state index in [4.69, 9.17) is 14.4 Å². The molecule has 0 unspecified atom stereocenters. The normalized spacial score (nSPS) is 10.4. The number of nitrogens with zero attached hydrogens (tertiary/aromatic N) is 4. The molecule has 2 heterocycles. The minimum atomic E-state index is 0.241. The van der Waals surface area contributed by atoms with Crippen molar-refractivity contribution in [2.45, 2.75) is 13.5 Å². The van der Waals surface area contributed by atoms with E-state index in [1.54, 1.807) is 23.1 Å². The zero-order chi connectivity index (χ0) is 15.4. The molecule has 0 radical (unpaired) electrons. The Morgan fingerprint density at radius 2 is 2.23 bits per heavy atom. The molecule has 3 aromatic rings. The second-order valence-corrected chi connectivity index (χ2v) is 4.76. The van der Waals surface area contributed by atoms with Crippen LogP contribution >= 0.6 is 0 Å². The standard InChI is InChI=1S/C16H14N4O2/c1-12-4-2-5-13(10-12)21-9-7-20-16(14(11-17)18-19-20)15-6-3-8-22-15/h2-6,8,10H,7,9H2,1H3. The third kappa shape index (κ3) is 2.83. The van der Waals surface area contributed by atoms with E-state index >= 15 is 0 Å². The first-order chi connectivity index (χ1) is 10.8. The van der Waals surface area contributed by atoms with Crippen molar-refractivity contribution in [3.63, 3.8) is 0 Å². The van der Waals surface area contributed by atoms with E-state index in [2.05, 4.69) is 10.3 Å².